The molecule has 1 fully saturated rings. The summed E-state index contributed by atoms with van der Waals surface area (Å²) in [5, 5.41) is 0. The number of benzene rings is 1. The summed E-state index contributed by atoms with van der Waals surface area (Å²) < 4.78 is 10.8. The summed E-state index contributed by atoms with van der Waals surface area (Å²) in [6.07, 6.45) is 3.27. The third-order valence-electron chi connectivity index (χ3n) is 3.82. The molecule has 1 aromatic carbocycles. The zero-order valence-electron chi connectivity index (χ0n) is 11.3. The van der Waals surface area contributed by atoms with E-state index in [1.807, 2.05) is 18.2 Å². The van der Waals surface area contributed by atoms with Crippen LogP contribution in [0.4, 0.5) is 0 Å². The monoisotopic (exact) mass is 248 g/mol. The number of ether oxygens (including phenoxy) is 2. The fourth-order valence-corrected chi connectivity index (χ4v) is 2.88. The number of Topliss-reactive ketones (excluding diaryl/α,β-unsaturated/α-hetero) is 1. The standard InChI is InChI=1S/C15H20O3/c1-15(9-5-6-11(16)10-15)12-7-4-8-13(17-2)14(12)18-3/h4,7-8H,5-6,9-10H2,1-3H3. The molecule has 0 saturated heterocycles. The highest BCUT2D eigenvalue weighted by Crippen LogP contribution is 2.44. The molecule has 0 radical (unpaired) electrons. The average Bonchev–Trinajstić information content (AvgIpc) is 2.37. The first-order chi connectivity index (χ1) is 8.60. The first-order valence-corrected chi connectivity index (χ1v) is 6.34. The van der Waals surface area contributed by atoms with Crippen molar-refractivity contribution in [2.45, 2.75) is 38.0 Å². The number of para-hydroxylation sites is 1. The predicted molar refractivity (Wildman–Crippen MR) is 70.4 cm³/mol. The molecule has 1 atom stereocenters. The molecule has 98 valence electrons. The fourth-order valence-electron chi connectivity index (χ4n) is 2.88. The van der Waals surface area contributed by atoms with E-state index < -0.39 is 0 Å². The summed E-state index contributed by atoms with van der Waals surface area (Å²) in [6.45, 7) is 2.14. The van der Waals surface area contributed by atoms with E-state index in [-0.39, 0.29) is 5.41 Å². The molecule has 0 spiro atoms. The molecular weight excluding hydrogens is 228 g/mol. The molecule has 1 aliphatic rings. The Hall–Kier alpha value is -1.51. The molecule has 3 nitrogen and oxygen atoms in total. The molecular formula is C15H20O3. The molecule has 1 unspecified atom stereocenters. The van der Waals surface area contributed by atoms with Gasteiger partial charge in [0.05, 0.1) is 14.2 Å². The number of rotatable bonds is 3. The van der Waals surface area contributed by atoms with Crippen LogP contribution in [0.1, 0.15) is 38.2 Å². The Bertz CT molecular complexity index is 453. The summed E-state index contributed by atoms with van der Waals surface area (Å²) in [5.41, 5.74) is 0.951. The van der Waals surface area contributed by atoms with Crippen molar-refractivity contribution in [3.63, 3.8) is 0 Å². The van der Waals surface area contributed by atoms with Crippen LogP contribution >= 0.6 is 0 Å². The van der Waals surface area contributed by atoms with E-state index in [1.54, 1.807) is 14.2 Å². The minimum absolute atomic E-state index is 0.130. The topological polar surface area (TPSA) is 35.5 Å². The van der Waals surface area contributed by atoms with E-state index in [4.69, 9.17) is 9.47 Å². The van der Waals surface area contributed by atoms with E-state index in [0.717, 1.165) is 29.9 Å². The average molecular weight is 248 g/mol. The first-order valence-electron chi connectivity index (χ1n) is 6.34. The summed E-state index contributed by atoms with van der Waals surface area (Å²) in [6, 6.07) is 5.89. The van der Waals surface area contributed by atoms with Gasteiger partial charge in [0.25, 0.3) is 0 Å². The van der Waals surface area contributed by atoms with E-state index in [1.165, 1.54) is 0 Å². The second-order valence-electron chi connectivity index (χ2n) is 5.17. The molecule has 0 bridgehead atoms. The van der Waals surface area contributed by atoms with Crippen LogP contribution in [-0.2, 0) is 10.2 Å². The molecule has 1 saturated carbocycles. The SMILES string of the molecule is COc1cccc(C2(C)CCCC(=O)C2)c1OC. The third-order valence-corrected chi connectivity index (χ3v) is 3.82. The van der Waals surface area contributed by atoms with Gasteiger partial charge in [-0.15, -0.1) is 0 Å². The Morgan fingerprint density at radius 1 is 1.22 bits per heavy atom. The van der Waals surface area contributed by atoms with Gasteiger partial charge in [0.2, 0.25) is 0 Å². The number of hydrogen-bond donors (Lipinski definition) is 0. The largest absolute Gasteiger partial charge is 0.493 e. The van der Waals surface area contributed by atoms with Crippen LogP contribution in [-0.4, -0.2) is 20.0 Å². The van der Waals surface area contributed by atoms with Crippen molar-refractivity contribution < 1.29 is 14.3 Å². The highest BCUT2D eigenvalue weighted by molar-refractivity contribution is 5.81. The van der Waals surface area contributed by atoms with Crippen LogP contribution in [0.5, 0.6) is 11.5 Å². The quantitative estimate of drug-likeness (QED) is 0.824. The molecule has 0 aromatic heterocycles. The molecule has 0 N–H and O–H groups in total. The van der Waals surface area contributed by atoms with Crippen molar-refractivity contribution in [1.82, 2.24) is 0 Å². The summed E-state index contributed by atoms with van der Waals surface area (Å²) >= 11 is 0. The van der Waals surface area contributed by atoms with Crippen LogP contribution in [0.2, 0.25) is 0 Å². The number of methoxy groups -OCH3 is 2. The molecule has 1 aliphatic carbocycles. The highest BCUT2D eigenvalue weighted by atomic mass is 16.5. The van der Waals surface area contributed by atoms with Gasteiger partial charge in [0, 0.05) is 23.8 Å². The van der Waals surface area contributed by atoms with Crippen LogP contribution < -0.4 is 9.47 Å². The molecule has 3 heteroatoms. The summed E-state index contributed by atoms with van der Waals surface area (Å²) in [7, 11) is 3.28. The van der Waals surface area contributed by atoms with E-state index >= 15 is 0 Å². The number of hydrogen-bond acceptors (Lipinski definition) is 3. The molecule has 18 heavy (non-hydrogen) atoms. The maximum atomic E-state index is 11.7. The van der Waals surface area contributed by atoms with Gasteiger partial charge in [-0.2, -0.15) is 0 Å². The van der Waals surface area contributed by atoms with Crippen molar-refractivity contribution in [2.75, 3.05) is 14.2 Å². The van der Waals surface area contributed by atoms with Crippen molar-refractivity contribution >= 4 is 5.78 Å². The van der Waals surface area contributed by atoms with Gasteiger partial charge in [-0.25, -0.2) is 0 Å². The number of ketones is 1. The second-order valence-corrected chi connectivity index (χ2v) is 5.17. The molecule has 0 aliphatic heterocycles. The lowest BCUT2D eigenvalue weighted by Crippen LogP contribution is -2.30. The van der Waals surface area contributed by atoms with Gasteiger partial charge < -0.3 is 9.47 Å². The van der Waals surface area contributed by atoms with Crippen LogP contribution in [0.15, 0.2) is 18.2 Å². The van der Waals surface area contributed by atoms with Gasteiger partial charge in [-0.05, 0) is 18.9 Å². The second kappa shape index (κ2) is 5.01. The maximum absolute atomic E-state index is 11.7. The Morgan fingerprint density at radius 2 is 2.00 bits per heavy atom. The van der Waals surface area contributed by atoms with Gasteiger partial charge in [0.15, 0.2) is 11.5 Å². The Balaban J connectivity index is 2.46. The molecule has 0 heterocycles. The van der Waals surface area contributed by atoms with Crippen LogP contribution in [0.25, 0.3) is 0 Å². The first kappa shape index (κ1) is 12.9. The van der Waals surface area contributed by atoms with Crippen LogP contribution in [0, 0.1) is 0 Å². The van der Waals surface area contributed by atoms with E-state index in [0.29, 0.717) is 18.6 Å². The lowest BCUT2D eigenvalue weighted by molar-refractivity contribution is -0.121. The third kappa shape index (κ3) is 2.22. The van der Waals surface area contributed by atoms with Crippen molar-refractivity contribution in [3.05, 3.63) is 23.8 Å². The maximum Gasteiger partial charge on any atom is 0.164 e. The highest BCUT2D eigenvalue weighted by Gasteiger charge is 2.35. The van der Waals surface area contributed by atoms with Gasteiger partial charge in [-0.1, -0.05) is 19.1 Å². The lowest BCUT2D eigenvalue weighted by Gasteiger charge is -2.34. The summed E-state index contributed by atoms with van der Waals surface area (Å²) in [4.78, 5) is 11.7. The number of carbonyl (C=O) groups is 1. The predicted octanol–water partition coefficient (Wildman–Crippen LogP) is 3.10. The van der Waals surface area contributed by atoms with Gasteiger partial charge in [-0.3, -0.25) is 4.79 Å². The van der Waals surface area contributed by atoms with E-state index in [9.17, 15) is 4.79 Å². The molecule has 0 amide bonds. The van der Waals surface area contributed by atoms with Crippen molar-refractivity contribution in [2.24, 2.45) is 0 Å². The summed E-state index contributed by atoms with van der Waals surface area (Å²) in [5.74, 6) is 1.83. The smallest absolute Gasteiger partial charge is 0.164 e. The number of carbonyl (C=O) groups excluding carboxylic acids is 1. The van der Waals surface area contributed by atoms with Crippen molar-refractivity contribution in [1.29, 1.82) is 0 Å². The minimum Gasteiger partial charge on any atom is -0.493 e. The Kier molecular flexibility index (Phi) is 3.60. The zero-order valence-corrected chi connectivity index (χ0v) is 11.3. The Morgan fingerprint density at radius 3 is 2.61 bits per heavy atom. The van der Waals surface area contributed by atoms with E-state index in [2.05, 4.69) is 6.92 Å². The fraction of sp³-hybridized carbons (Fsp3) is 0.533. The van der Waals surface area contributed by atoms with Gasteiger partial charge >= 0.3 is 0 Å². The molecule has 2 rings (SSSR count). The van der Waals surface area contributed by atoms with Crippen molar-refractivity contribution in [3.8, 4) is 11.5 Å². The zero-order chi connectivity index (χ0) is 13.2. The Labute approximate surface area is 108 Å². The molecule has 1 aromatic rings. The lowest BCUT2D eigenvalue weighted by atomic mass is 9.70. The van der Waals surface area contributed by atoms with Crippen LogP contribution in [0.3, 0.4) is 0 Å². The normalized spacial score (nSPS) is 23.8. The minimum atomic E-state index is -0.130. The van der Waals surface area contributed by atoms with Gasteiger partial charge in [0.1, 0.15) is 5.78 Å².